The molecule has 0 spiro atoms. The number of nitrogens with zero attached hydrogens (tertiary/aromatic N) is 3. The standard InChI is InChI=1S/C19H18N4O2/c1-12(2)17(18-22-21-16-9-5-6-10-23(16)18)20-19(24)15-11-13-7-3-4-8-14(13)25-15/h3-12,17H,1-2H3,(H,20,24). The quantitative estimate of drug-likeness (QED) is 0.619. The molecule has 0 radical (unpaired) electrons. The van der Waals surface area contributed by atoms with Crippen LogP contribution in [0.15, 0.2) is 59.1 Å². The van der Waals surface area contributed by atoms with Gasteiger partial charge in [0, 0.05) is 11.6 Å². The van der Waals surface area contributed by atoms with Crippen molar-refractivity contribution in [1.29, 1.82) is 0 Å². The number of carbonyl (C=O) groups is 1. The van der Waals surface area contributed by atoms with Gasteiger partial charge >= 0.3 is 0 Å². The van der Waals surface area contributed by atoms with E-state index in [9.17, 15) is 4.79 Å². The van der Waals surface area contributed by atoms with Gasteiger partial charge in [0.2, 0.25) is 0 Å². The fraction of sp³-hybridized carbons (Fsp3) is 0.211. The van der Waals surface area contributed by atoms with Crippen LogP contribution < -0.4 is 5.32 Å². The number of amides is 1. The average Bonchev–Trinajstić information content (AvgIpc) is 3.23. The topological polar surface area (TPSA) is 72.4 Å². The predicted molar refractivity (Wildman–Crippen MR) is 94.2 cm³/mol. The summed E-state index contributed by atoms with van der Waals surface area (Å²) in [7, 11) is 0. The summed E-state index contributed by atoms with van der Waals surface area (Å²) in [5.41, 5.74) is 1.45. The van der Waals surface area contributed by atoms with E-state index in [-0.39, 0.29) is 17.9 Å². The van der Waals surface area contributed by atoms with Crippen LogP contribution in [0.4, 0.5) is 0 Å². The van der Waals surface area contributed by atoms with E-state index >= 15 is 0 Å². The Morgan fingerprint density at radius 3 is 2.72 bits per heavy atom. The second-order valence-electron chi connectivity index (χ2n) is 6.33. The Balaban J connectivity index is 1.66. The maximum absolute atomic E-state index is 12.7. The Morgan fingerprint density at radius 2 is 1.92 bits per heavy atom. The number of fused-ring (bicyclic) bond motifs is 2. The van der Waals surface area contributed by atoms with Crippen LogP contribution in [-0.2, 0) is 0 Å². The second-order valence-corrected chi connectivity index (χ2v) is 6.33. The van der Waals surface area contributed by atoms with Crippen LogP contribution in [0.1, 0.15) is 36.3 Å². The third kappa shape index (κ3) is 2.76. The third-order valence-electron chi connectivity index (χ3n) is 4.22. The molecule has 3 aromatic heterocycles. The summed E-state index contributed by atoms with van der Waals surface area (Å²) in [4.78, 5) is 12.7. The first-order valence-electron chi connectivity index (χ1n) is 8.22. The van der Waals surface area contributed by atoms with Gasteiger partial charge in [0.15, 0.2) is 17.2 Å². The Labute approximate surface area is 144 Å². The molecule has 4 aromatic rings. The normalized spacial score (nSPS) is 12.8. The largest absolute Gasteiger partial charge is 0.451 e. The summed E-state index contributed by atoms with van der Waals surface area (Å²) in [6, 6.07) is 14.7. The second kappa shape index (κ2) is 6.05. The fourth-order valence-corrected chi connectivity index (χ4v) is 2.91. The highest BCUT2D eigenvalue weighted by molar-refractivity contribution is 5.96. The summed E-state index contributed by atoms with van der Waals surface area (Å²) >= 11 is 0. The number of benzene rings is 1. The molecule has 126 valence electrons. The Bertz CT molecular complexity index is 1010. The van der Waals surface area contributed by atoms with Crippen molar-refractivity contribution in [3.8, 4) is 0 Å². The van der Waals surface area contributed by atoms with Crippen molar-refractivity contribution < 1.29 is 9.21 Å². The highest BCUT2D eigenvalue weighted by atomic mass is 16.3. The molecule has 4 rings (SSSR count). The van der Waals surface area contributed by atoms with Gasteiger partial charge in [0.25, 0.3) is 5.91 Å². The highest BCUT2D eigenvalue weighted by Crippen LogP contribution is 2.23. The van der Waals surface area contributed by atoms with Gasteiger partial charge in [-0.25, -0.2) is 0 Å². The number of pyridine rings is 1. The first-order chi connectivity index (χ1) is 12.1. The van der Waals surface area contributed by atoms with Crippen LogP contribution in [0.5, 0.6) is 0 Å². The van der Waals surface area contributed by atoms with E-state index in [2.05, 4.69) is 15.5 Å². The third-order valence-corrected chi connectivity index (χ3v) is 4.22. The van der Waals surface area contributed by atoms with E-state index in [4.69, 9.17) is 4.42 Å². The van der Waals surface area contributed by atoms with E-state index in [1.165, 1.54) is 0 Å². The van der Waals surface area contributed by atoms with Gasteiger partial charge in [-0.3, -0.25) is 9.20 Å². The molecule has 0 saturated heterocycles. The number of hydrogen-bond donors (Lipinski definition) is 1. The molecule has 6 heteroatoms. The molecule has 1 N–H and O–H groups in total. The minimum absolute atomic E-state index is 0.140. The lowest BCUT2D eigenvalue weighted by atomic mass is 10.0. The monoisotopic (exact) mass is 334 g/mol. The van der Waals surface area contributed by atoms with Crippen molar-refractivity contribution in [2.24, 2.45) is 5.92 Å². The zero-order valence-electron chi connectivity index (χ0n) is 14.0. The Hall–Kier alpha value is -3.15. The van der Waals surface area contributed by atoms with Crippen molar-refractivity contribution >= 4 is 22.5 Å². The van der Waals surface area contributed by atoms with Crippen molar-refractivity contribution in [2.45, 2.75) is 19.9 Å². The number of aromatic nitrogens is 3. The number of rotatable bonds is 4. The zero-order valence-corrected chi connectivity index (χ0v) is 14.0. The zero-order chi connectivity index (χ0) is 17.4. The molecular formula is C19H18N4O2. The minimum atomic E-state index is -0.280. The molecule has 0 fully saturated rings. The fourth-order valence-electron chi connectivity index (χ4n) is 2.91. The number of hydrogen-bond acceptors (Lipinski definition) is 4. The molecule has 0 saturated carbocycles. The molecule has 0 aliphatic rings. The molecule has 0 aliphatic carbocycles. The summed E-state index contributed by atoms with van der Waals surface area (Å²) < 4.78 is 7.55. The van der Waals surface area contributed by atoms with Gasteiger partial charge in [-0.1, -0.05) is 38.1 Å². The van der Waals surface area contributed by atoms with Gasteiger partial charge in [-0.15, -0.1) is 10.2 Å². The molecule has 1 atom stereocenters. The van der Waals surface area contributed by atoms with E-state index in [0.717, 1.165) is 11.0 Å². The molecule has 0 bridgehead atoms. The van der Waals surface area contributed by atoms with Crippen molar-refractivity contribution in [1.82, 2.24) is 19.9 Å². The highest BCUT2D eigenvalue weighted by Gasteiger charge is 2.25. The molecule has 6 nitrogen and oxygen atoms in total. The maximum atomic E-state index is 12.7. The van der Waals surface area contributed by atoms with Crippen LogP contribution in [-0.4, -0.2) is 20.5 Å². The molecule has 0 aliphatic heterocycles. The smallest absolute Gasteiger partial charge is 0.287 e. The predicted octanol–water partition coefficient (Wildman–Crippen LogP) is 3.60. The molecular weight excluding hydrogens is 316 g/mol. The first kappa shape index (κ1) is 15.4. The SMILES string of the molecule is CC(C)C(NC(=O)c1cc2ccccc2o1)c1nnc2ccccn12. The number of para-hydroxylation sites is 1. The van der Waals surface area contributed by atoms with Gasteiger partial charge < -0.3 is 9.73 Å². The number of carbonyl (C=O) groups excluding carboxylic acids is 1. The Kier molecular flexibility index (Phi) is 3.72. The maximum Gasteiger partial charge on any atom is 0.287 e. The van der Waals surface area contributed by atoms with E-state index in [1.807, 2.05) is 66.9 Å². The summed E-state index contributed by atoms with van der Waals surface area (Å²) in [5.74, 6) is 0.874. The number of furan rings is 1. The van der Waals surface area contributed by atoms with Crippen LogP contribution in [0, 0.1) is 5.92 Å². The van der Waals surface area contributed by atoms with Crippen molar-refractivity contribution in [3.63, 3.8) is 0 Å². The van der Waals surface area contributed by atoms with E-state index < -0.39 is 0 Å². The molecule has 25 heavy (non-hydrogen) atoms. The van der Waals surface area contributed by atoms with Crippen LogP contribution >= 0.6 is 0 Å². The summed E-state index contributed by atoms with van der Waals surface area (Å²) in [6.07, 6.45) is 1.90. The van der Waals surface area contributed by atoms with Crippen molar-refractivity contribution in [2.75, 3.05) is 0 Å². The summed E-state index contributed by atoms with van der Waals surface area (Å²) in [6.45, 7) is 4.07. The van der Waals surface area contributed by atoms with Crippen molar-refractivity contribution in [3.05, 3.63) is 66.3 Å². The van der Waals surface area contributed by atoms with Crippen LogP contribution in [0.3, 0.4) is 0 Å². The van der Waals surface area contributed by atoms with Crippen LogP contribution in [0.25, 0.3) is 16.6 Å². The van der Waals surface area contributed by atoms with E-state index in [0.29, 0.717) is 17.2 Å². The lowest BCUT2D eigenvalue weighted by molar-refractivity contribution is 0.0897. The summed E-state index contributed by atoms with van der Waals surface area (Å²) in [5, 5.41) is 12.4. The molecule has 1 unspecified atom stereocenters. The van der Waals surface area contributed by atoms with E-state index in [1.54, 1.807) is 6.07 Å². The average molecular weight is 334 g/mol. The van der Waals surface area contributed by atoms with Crippen LogP contribution in [0.2, 0.25) is 0 Å². The molecule has 1 amide bonds. The van der Waals surface area contributed by atoms with Gasteiger partial charge in [-0.05, 0) is 30.2 Å². The lowest BCUT2D eigenvalue weighted by Gasteiger charge is -2.20. The molecule has 3 heterocycles. The number of nitrogens with one attached hydrogen (secondary N) is 1. The minimum Gasteiger partial charge on any atom is -0.451 e. The van der Waals surface area contributed by atoms with Gasteiger partial charge in [0.1, 0.15) is 5.58 Å². The lowest BCUT2D eigenvalue weighted by Crippen LogP contribution is -2.32. The van der Waals surface area contributed by atoms with Gasteiger partial charge in [0.05, 0.1) is 6.04 Å². The molecule has 1 aromatic carbocycles. The Morgan fingerprint density at radius 1 is 1.12 bits per heavy atom. The first-order valence-corrected chi connectivity index (χ1v) is 8.22. The van der Waals surface area contributed by atoms with Gasteiger partial charge in [-0.2, -0.15) is 0 Å².